The fourth-order valence-corrected chi connectivity index (χ4v) is 6.85. The number of ether oxygens (including phenoxy) is 3. The van der Waals surface area contributed by atoms with Crippen molar-refractivity contribution in [1.82, 2.24) is 31.5 Å². The highest BCUT2D eigenvalue weighted by atomic mass is 16.6. The first-order chi connectivity index (χ1) is 25.6. The van der Waals surface area contributed by atoms with Gasteiger partial charge in [0.05, 0.1) is 0 Å². The summed E-state index contributed by atoms with van der Waals surface area (Å²) in [6, 6.07) is 19.9. The van der Waals surface area contributed by atoms with Crippen LogP contribution in [0.4, 0.5) is 19.2 Å². The summed E-state index contributed by atoms with van der Waals surface area (Å²) in [6.07, 6.45) is 6.39. The Balaban J connectivity index is 0.000000247. The number of rotatable bonds is 8. The second-order valence-electron chi connectivity index (χ2n) is 16.6. The normalized spacial score (nSPS) is 23.0. The number of para-hydroxylation sites is 1. The third kappa shape index (κ3) is 16.7. The van der Waals surface area contributed by atoms with Crippen molar-refractivity contribution in [2.24, 2.45) is 0 Å². The molecule has 2 saturated carbocycles. The van der Waals surface area contributed by atoms with Gasteiger partial charge in [-0.2, -0.15) is 0 Å². The Morgan fingerprint density at radius 1 is 0.556 bits per heavy atom. The molecule has 0 bridgehead atoms. The van der Waals surface area contributed by atoms with Gasteiger partial charge in [0.25, 0.3) is 0 Å². The molecule has 13 heteroatoms. The molecule has 54 heavy (non-hydrogen) atoms. The first-order valence-electron chi connectivity index (χ1n) is 19.4. The Hall–Kier alpha value is -4.52. The van der Waals surface area contributed by atoms with Crippen molar-refractivity contribution in [3.8, 4) is 5.75 Å². The zero-order valence-corrected chi connectivity index (χ0v) is 33.0. The predicted octanol–water partition coefficient (Wildman–Crippen LogP) is 7.01. The molecule has 0 unspecified atom stereocenters. The van der Waals surface area contributed by atoms with Crippen LogP contribution in [-0.4, -0.2) is 83.7 Å². The molecule has 1 atom stereocenters. The molecule has 3 aliphatic rings. The van der Waals surface area contributed by atoms with Crippen LogP contribution in [0.2, 0.25) is 0 Å². The Morgan fingerprint density at radius 3 is 1.43 bits per heavy atom. The topological polar surface area (TPSA) is 159 Å². The van der Waals surface area contributed by atoms with Crippen LogP contribution >= 0.6 is 0 Å². The molecule has 298 valence electrons. The molecule has 2 aromatic carbocycles. The van der Waals surface area contributed by atoms with Gasteiger partial charge in [-0.15, -0.1) is 0 Å². The Bertz CT molecular complexity index is 1460. The number of urea groups is 1. The van der Waals surface area contributed by atoms with Gasteiger partial charge in [-0.1, -0.05) is 48.5 Å². The van der Waals surface area contributed by atoms with E-state index >= 15 is 0 Å². The summed E-state index contributed by atoms with van der Waals surface area (Å²) in [6.45, 7) is 13.9. The van der Waals surface area contributed by atoms with Gasteiger partial charge < -0.3 is 40.8 Å². The molecular formula is C41H62N6O7. The van der Waals surface area contributed by atoms with E-state index in [2.05, 4.69) is 55.7 Å². The molecule has 1 saturated heterocycles. The van der Waals surface area contributed by atoms with E-state index in [4.69, 9.17) is 14.2 Å². The molecule has 2 aliphatic carbocycles. The van der Waals surface area contributed by atoms with Gasteiger partial charge in [-0.3, -0.25) is 4.90 Å². The van der Waals surface area contributed by atoms with E-state index in [1.54, 1.807) is 12.1 Å². The van der Waals surface area contributed by atoms with Crippen LogP contribution in [0.15, 0.2) is 60.7 Å². The number of carbonyl (C=O) groups is 4. The van der Waals surface area contributed by atoms with Crippen LogP contribution in [0.25, 0.3) is 0 Å². The third-order valence-corrected chi connectivity index (χ3v) is 9.36. The quantitative estimate of drug-likeness (QED) is 0.193. The minimum Gasteiger partial charge on any atom is -0.444 e. The second-order valence-corrected chi connectivity index (χ2v) is 16.6. The predicted molar refractivity (Wildman–Crippen MR) is 208 cm³/mol. The molecule has 5 rings (SSSR count). The number of amides is 5. The number of nitrogens with zero attached hydrogens (tertiary/aromatic N) is 1. The largest absolute Gasteiger partial charge is 0.444 e. The summed E-state index contributed by atoms with van der Waals surface area (Å²) in [7, 11) is 0. The highest BCUT2D eigenvalue weighted by Gasteiger charge is 2.29. The minimum absolute atomic E-state index is 0.0675. The van der Waals surface area contributed by atoms with Crippen molar-refractivity contribution in [1.29, 1.82) is 0 Å². The van der Waals surface area contributed by atoms with Crippen LogP contribution in [0, 0.1) is 0 Å². The lowest BCUT2D eigenvalue weighted by Gasteiger charge is -2.30. The standard InChI is InChI=1S/C23H36N4O3.C18H26N2O4/c1-23(2,3)30-22(29)26-19-11-9-18(10-12-19)24-21(28)25-20-13-14-27(16-20)15-17-7-5-4-6-8-17;1-18(2,3)24-17(22)20-14-11-9-13(10-12-14)19-16(21)23-15-7-5-4-6-8-15/h4-8,18-20H,9-16H2,1-3H3,(H,26,29)(H2,24,25,28);4-8,13-14H,9-12H2,1-3H3,(H,19,21)(H,20,22)/t18?,19?,20-;/m1./s1. The zero-order chi connectivity index (χ0) is 39.1. The molecule has 3 fully saturated rings. The van der Waals surface area contributed by atoms with Crippen LogP contribution in [0.3, 0.4) is 0 Å². The maximum absolute atomic E-state index is 12.4. The van der Waals surface area contributed by atoms with Crippen molar-refractivity contribution >= 4 is 24.3 Å². The van der Waals surface area contributed by atoms with Gasteiger partial charge in [0.15, 0.2) is 0 Å². The van der Waals surface area contributed by atoms with Crippen LogP contribution < -0.4 is 31.3 Å². The third-order valence-electron chi connectivity index (χ3n) is 9.36. The molecule has 5 N–H and O–H groups in total. The number of benzene rings is 2. The minimum atomic E-state index is -0.496. The van der Waals surface area contributed by atoms with Crippen molar-refractivity contribution in [3.05, 3.63) is 66.2 Å². The van der Waals surface area contributed by atoms with Crippen molar-refractivity contribution in [2.45, 2.75) is 147 Å². The van der Waals surface area contributed by atoms with Crippen molar-refractivity contribution in [3.63, 3.8) is 0 Å². The average Bonchev–Trinajstić information content (AvgIpc) is 3.52. The van der Waals surface area contributed by atoms with E-state index < -0.39 is 17.3 Å². The molecule has 5 amide bonds. The molecule has 2 aromatic rings. The maximum Gasteiger partial charge on any atom is 0.412 e. The summed E-state index contributed by atoms with van der Waals surface area (Å²) in [5, 5.41) is 14.9. The van der Waals surface area contributed by atoms with E-state index in [0.717, 1.165) is 77.4 Å². The molecule has 13 nitrogen and oxygen atoms in total. The number of carbonyl (C=O) groups excluding carboxylic acids is 4. The first kappa shape index (κ1) is 42.2. The molecule has 0 spiro atoms. The fourth-order valence-electron chi connectivity index (χ4n) is 6.85. The summed E-state index contributed by atoms with van der Waals surface area (Å²) >= 11 is 0. The van der Waals surface area contributed by atoms with E-state index in [1.165, 1.54) is 5.56 Å². The monoisotopic (exact) mass is 750 g/mol. The van der Waals surface area contributed by atoms with Crippen molar-refractivity contribution < 1.29 is 33.4 Å². The fraction of sp³-hybridized carbons (Fsp3) is 0.610. The lowest BCUT2D eigenvalue weighted by Crippen LogP contribution is -2.49. The van der Waals surface area contributed by atoms with E-state index in [9.17, 15) is 19.2 Å². The van der Waals surface area contributed by atoms with E-state index in [0.29, 0.717) is 5.75 Å². The zero-order valence-electron chi connectivity index (χ0n) is 33.0. The summed E-state index contributed by atoms with van der Waals surface area (Å²) < 4.78 is 15.8. The van der Waals surface area contributed by atoms with Gasteiger partial charge in [0.1, 0.15) is 17.0 Å². The lowest BCUT2D eigenvalue weighted by molar-refractivity contribution is 0.0478. The van der Waals surface area contributed by atoms with E-state index in [1.807, 2.05) is 65.8 Å². The highest BCUT2D eigenvalue weighted by molar-refractivity contribution is 5.74. The summed E-state index contributed by atoms with van der Waals surface area (Å²) in [5.74, 6) is 0.523. The Labute approximate surface area is 321 Å². The molecule has 1 heterocycles. The number of nitrogens with one attached hydrogen (secondary N) is 5. The van der Waals surface area contributed by atoms with Crippen LogP contribution in [-0.2, 0) is 16.0 Å². The molecule has 0 aromatic heterocycles. The molecule has 1 aliphatic heterocycles. The molecular weight excluding hydrogens is 688 g/mol. The van der Waals surface area contributed by atoms with Crippen LogP contribution in [0.1, 0.15) is 105 Å². The first-order valence-corrected chi connectivity index (χ1v) is 19.4. The summed E-state index contributed by atoms with van der Waals surface area (Å²) in [5.41, 5.74) is 0.321. The van der Waals surface area contributed by atoms with Crippen molar-refractivity contribution in [2.75, 3.05) is 13.1 Å². The summed E-state index contributed by atoms with van der Waals surface area (Å²) in [4.78, 5) is 50.3. The Morgan fingerprint density at radius 2 is 0.963 bits per heavy atom. The number of hydrogen-bond donors (Lipinski definition) is 5. The number of hydrogen-bond acceptors (Lipinski definition) is 8. The lowest BCUT2D eigenvalue weighted by atomic mass is 9.91. The average molecular weight is 751 g/mol. The van der Waals surface area contributed by atoms with Gasteiger partial charge in [0, 0.05) is 49.8 Å². The Kier molecular flexibility index (Phi) is 15.8. The van der Waals surface area contributed by atoms with Gasteiger partial charge in [0.2, 0.25) is 0 Å². The smallest absolute Gasteiger partial charge is 0.412 e. The van der Waals surface area contributed by atoms with Gasteiger partial charge in [-0.05, 0) is 117 Å². The van der Waals surface area contributed by atoms with E-state index in [-0.39, 0.29) is 48.4 Å². The molecule has 0 radical (unpaired) electrons. The number of likely N-dealkylation sites (tertiary alicyclic amines) is 1. The SMILES string of the molecule is CC(C)(C)OC(=O)NC1CCC(NC(=O)N[C@@H]2CCN(Cc3ccccc3)C2)CC1.CC(C)(C)OC(=O)NC1CCC(NC(=O)Oc2ccccc2)CC1. The van der Waals surface area contributed by atoms with Crippen LogP contribution in [0.5, 0.6) is 5.75 Å². The highest BCUT2D eigenvalue weighted by Crippen LogP contribution is 2.21. The maximum atomic E-state index is 12.4. The van der Waals surface area contributed by atoms with Gasteiger partial charge in [-0.25, -0.2) is 19.2 Å². The second kappa shape index (κ2) is 20.2. The number of alkyl carbamates (subject to hydrolysis) is 2. The van der Waals surface area contributed by atoms with Gasteiger partial charge >= 0.3 is 24.3 Å².